The Labute approximate surface area is 184 Å². The zero-order valence-electron chi connectivity index (χ0n) is 16.9. The van der Waals surface area contributed by atoms with Gasteiger partial charge in [-0.25, -0.2) is 4.98 Å². The molecular weight excluding hydrogens is 408 g/mol. The second-order valence-corrected chi connectivity index (χ2v) is 7.68. The van der Waals surface area contributed by atoms with Gasteiger partial charge in [0.15, 0.2) is 10.9 Å². The molecule has 1 heterocycles. The maximum Gasteiger partial charge on any atom is 0.259 e. The number of Topliss-reactive ketones (excluding diaryl/α,β-unsaturated/α-hetero) is 1. The Morgan fingerprint density at radius 2 is 1.58 bits per heavy atom. The number of methoxy groups -OCH3 is 1. The third kappa shape index (κ3) is 4.75. The molecule has 6 heteroatoms. The summed E-state index contributed by atoms with van der Waals surface area (Å²) in [6, 6.07) is 27.3. The van der Waals surface area contributed by atoms with E-state index in [9.17, 15) is 9.59 Å². The van der Waals surface area contributed by atoms with Gasteiger partial charge in [-0.3, -0.25) is 14.2 Å². The topological polar surface area (TPSA) is 61.2 Å². The third-order valence-electron chi connectivity index (χ3n) is 4.72. The lowest BCUT2D eigenvalue weighted by Gasteiger charge is -2.13. The second kappa shape index (κ2) is 9.45. The second-order valence-electron chi connectivity index (χ2n) is 6.74. The van der Waals surface area contributed by atoms with Gasteiger partial charge in [-0.05, 0) is 36.4 Å². The van der Waals surface area contributed by atoms with Crippen LogP contribution in [-0.2, 0) is 0 Å². The van der Waals surface area contributed by atoms with Crippen LogP contribution in [0, 0.1) is 0 Å². The summed E-state index contributed by atoms with van der Waals surface area (Å²) < 4.78 is 6.75. The molecule has 0 saturated carbocycles. The van der Waals surface area contributed by atoms with Crippen LogP contribution >= 0.6 is 11.8 Å². The van der Waals surface area contributed by atoms with Crippen LogP contribution in [0.4, 0.5) is 0 Å². The minimum absolute atomic E-state index is 0.0192. The van der Waals surface area contributed by atoms with E-state index in [1.807, 2.05) is 72.8 Å². The van der Waals surface area contributed by atoms with Crippen molar-refractivity contribution in [2.24, 2.45) is 0 Å². The smallest absolute Gasteiger partial charge is 0.259 e. The summed E-state index contributed by atoms with van der Waals surface area (Å²) in [7, 11) is 1.60. The summed E-state index contributed by atoms with van der Waals surface area (Å²) in [6.45, 7) is 0. The molecule has 0 N–H and O–H groups in total. The maximum atomic E-state index is 13.1. The van der Waals surface area contributed by atoms with E-state index in [0.717, 1.165) is 11.3 Å². The van der Waals surface area contributed by atoms with Crippen LogP contribution in [0.2, 0.25) is 0 Å². The van der Waals surface area contributed by atoms with Crippen molar-refractivity contribution in [1.82, 2.24) is 9.55 Å². The van der Waals surface area contributed by atoms with Crippen LogP contribution < -0.4 is 10.3 Å². The van der Waals surface area contributed by atoms with Crippen molar-refractivity contribution < 1.29 is 9.53 Å². The van der Waals surface area contributed by atoms with Crippen LogP contribution in [-0.4, -0.2) is 28.2 Å². The summed E-state index contributed by atoms with van der Waals surface area (Å²) in [6.07, 6.45) is 0. The van der Waals surface area contributed by atoms with E-state index >= 15 is 0 Å². The van der Waals surface area contributed by atoms with Crippen LogP contribution in [0.15, 0.2) is 101 Å². The molecule has 0 fully saturated rings. The molecule has 0 saturated heterocycles. The molecule has 0 radical (unpaired) electrons. The van der Waals surface area contributed by atoms with Crippen LogP contribution in [0.25, 0.3) is 16.9 Å². The summed E-state index contributed by atoms with van der Waals surface area (Å²) >= 11 is 1.25. The Kier molecular flexibility index (Phi) is 6.29. The van der Waals surface area contributed by atoms with Crippen molar-refractivity contribution >= 4 is 17.5 Å². The van der Waals surface area contributed by atoms with E-state index < -0.39 is 0 Å². The summed E-state index contributed by atoms with van der Waals surface area (Å²) in [5.74, 6) is 0.883. The molecule has 0 atom stereocenters. The van der Waals surface area contributed by atoms with Crippen molar-refractivity contribution in [3.63, 3.8) is 0 Å². The van der Waals surface area contributed by atoms with Crippen molar-refractivity contribution in [3.05, 3.63) is 107 Å². The molecule has 4 aromatic rings. The molecule has 0 aliphatic carbocycles. The van der Waals surface area contributed by atoms with E-state index in [-0.39, 0.29) is 17.1 Å². The zero-order valence-corrected chi connectivity index (χ0v) is 17.7. The van der Waals surface area contributed by atoms with Crippen molar-refractivity contribution in [2.75, 3.05) is 12.9 Å². The molecule has 5 nitrogen and oxygen atoms in total. The highest BCUT2D eigenvalue weighted by atomic mass is 32.2. The molecule has 0 spiro atoms. The lowest BCUT2D eigenvalue weighted by molar-refractivity contribution is 0.102. The number of carbonyl (C=O) groups excluding carboxylic acids is 1. The molecule has 3 aromatic carbocycles. The van der Waals surface area contributed by atoms with E-state index in [0.29, 0.717) is 22.1 Å². The number of thioether (sulfide) groups is 1. The molecule has 31 heavy (non-hydrogen) atoms. The van der Waals surface area contributed by atoms with Crippen molar-refractivity contribution in [1.29, 1.82) is 0 Å². The van der Waals surface area contributed by atoms with Crippen LogP contribution in [0.5, 0.6) is 5.75 Å². The Hall–Kier alpha value is -3.64. The van der Waals surface area contributed by atoms with E-state index in [1.165, 1.54) is 22.4 Å². The molecule has 0 aliphatic rings. The van der Waals surface area contributed by atoms with Gasteiger partial charge in [-0.2, -0.15) is 0 Å². The minimum Gasteiger partial charge on any atom is -0.497 e. The van der Waals surface area contributed by atoms with Gasteiger partial charge in [0.25, 0.3) is 5.56 Å². The minimum atomic E-state index is -0.207. The predicted octanol–water partition coefficient (Wildman–Crippen LogP) is 4.88. The van der Waals surface area contributed by atoms with E-state index in [4.69, 9.17) is 9.72 Å². The first-order valence-electron chi connectivity index (χ1n) is 9.71. The maximum absolute atomic E-state index is 13.1. The molecule has 0 unspecified atom stereocenters. The fourth-order valence-corrected chi connectivity index (χ4v) is 4.03. The van der Waals surface area contributed by atoms with E-state index in [2.05, 4.69) is 0 Å². The molecule has 154 valence electrons. The monoisotopic (exact) mass is 428 g/mol. The van der Waals surface area contributed by atoms with Crippen LogP contribution in [0.1, 0.15) is 10.4 Å². The average Bonchev–Trinajstić information content (AvgIpc) is 2.83. The Morgan fingerprint density at radius 1 is 0.935 bits per heavy atom. The first kappa shape index (κ1) is 20.6. The average molecular weight is 429 g/mol. The zero-order chi connectivity index (χ0) is 21.6. The number of hydrogen-bond donors (Lipinski definition) is 0. The van der Waals surface area contributed by atoms with Gasteiger partial charge in [0.1, 0.15) is 5.75 Å². The van der Waals surface area contributed by atoms with Gasteiger partial charge in [0.2, 0.25) is 0 Å². The molecular formula is C25H20N2O3S. The number of hydrogen-bond acceptors (Lipinski definition) is 5. The summed E-state index contributed by atoms with van der Waals surface area (Å²) in [5.41, 5.74) is 2.48. The molecule has 4 rings (SSSR count). The fourth-order valence-electron chi connectivity index (χ4n) is 3.12. The highest BCUT2D eigenvalue weighted by molar-refractivity contribution is 7.99. The quantitative estimate of drug-likeness (QED) is 0.238. The summed E-state index contributed by atoms with van der Waals surface area (Å²) in [4.78, 5) is 30.4. The molecule has 0 aliphatic heterocycles. The highest BCUT2D eigenvalue weighted by Gasteiger charge is 2.15. The van der Waals surface area contributed by atoms with Gasteiger partial charge >= 0.3 is 0 Å². The van der Waals surface area contributed by atoms with Gasteiger partial charge in [0.05, 0.1) is 24.2 Å². The lowest BCUT2D eigenvalue weighted by Crippen LogP contribution is -2.21. The first-order valence-corrected chi connectivity index (χ1v) is 10.7. The lowest BCUT2D eigenvalue weighted by atomic mass is 10.1. The number of para-hydroxylation sites is 1. The molecule has 0 amide bonds. The van der Waals surface area contributed by atoms with Crippen molar-refractivity contribution in [3.8, 4) is 22.7 Å². The van der Waals surface area contributed by atoms with Crippen LogP contribution in [0.3, 0.4) is 0 Å². The van der Waals surface area contributed by atoms with Gasteiger partial charge in [-0.15, -0.1) is 0 Å². The number of ether oxygens (including phenoxy) is 1. The molecule has 1 aromatic heterocycles. The Balaban J connectivity index is 1.73. The van der Waals surface area contributed by atoms with Gasteiger partial charge < -0.3 is 4.74 Å². The summed E-state index contributed by atoms with van der Waals surface area (Å²) in [5, 5.41) is 0.466. The van der Waals surface area contributed by atoms with Gasteiger partial charge in [-0.1, -0.05) is 60.3 Å². The van der Waals surface area contributed by atoms with E-state index in [1.54, 1.807) is 19.2 Å². The fraction of sp³-hybridized carbons (Fsp3) is 0.0800. The Morgan fingerprint density at radius 3 is 2.23 bits per heavy atom. The number of benzene rings is 3. The Bertz CT molecular complexity index is 1240. The normalized spacial score (nSPS) is 10.6. The number of carbonyl (C=O) groups is 1. The van der Waals surface area contributed by atoms with Crippen molar-refractivity contribution in [2.45, 2.75) is 5.16 Å². The highest BCUT2D eigenvalue weighted by Crippen LogP contribution is 2.25. The third-order valence-corrected chi connectivity index (χ3v) is 5.65. The number of ketones is 1. The molecule has 0 bridgehead atoms. The first-order chi connectivity index (χ1) is 15.2. The number of rotatable bonds is 7. The largest absolute Gasteiger partial charge is 0.497 e. The predicted molar refractivity (Wildman–Crippen MR) is 123 cm³/mol. The number of aromatic nitrogens is 2. The van der Waals surface area contributed by atoms with Gasteiger partial charge in [0, 0.05) is 17.2 Å². The number of nitrogens with zero attached hydrogens (tertiary/aromatic N) is 2. The SMILES string of the molecule is COc1ccc(-c2cc(=O)n(-c3ccccc3)c(SCC(=O)c3ccccc3)n2)cc1. The standard InChI is InChI=1S/C25H20N2O3S/c1-30-21-14-12-18(13-15-21)22-16-24(29)27(20-10-6-3-7-11-20)25(26-22)31-17-23(28)19-8-4-2-5-9-19/h2-16H,17H2,1H3.